The Labute approximate surface area is 116 Å². The summed E-state index contributed by atoms with van der Waals surface area (Å²) in [5, 5.41) is 6.75. The zero-order chi connectivity index (χ0) is 13.1. The Kier molecular flexibility index (Phi) is 1.90. The van der Waals surface area contributed by atoms with Crippen LogP contribution in [0.15, 0.2) is 40.9 Å². The van der Waals surface area contributed by atoms with Gasteiger partial charge in [-0.2, -0.15) is 0 Å². The fourth-order valence-electron chi connectivity index (χ4n) is 3.48. The highest BCUT2D eigenvalue weighted by molar-refractivity contribution is 6.00. The van der Waals surface area contributed by atoms with E-state index in [9.17, 15) is 0 Å². The van der Waals surface area contributed by atoms with Gasteiger partial charge < -0.3 is 9.26 Å². The summed E-state index contributed by atoms with van der Waals surface area (Å²) in [5.74, 6) is 1.94. The van der Waals surface area contributed by atoms with Crippen LogP contribution in [0, 0.1) is 0 Å². The third kappa shape index (κ3) is 1.22. The molecule has 98 valence electrons. The van der Waals surface area contributed by atoms with E-state index in [-0.39, 0.29) is 6.10 Å². The SMILES string of the molecule is c1ccc2c3c(ccc2c1)OC1CCCc2onc-3c21. The van der Waals surface area contributed by atoms with Gasteiger partial charge in [-0.25, -0.2) is 0 Å². The molecule has 0 amide bonds. The Morgan fingerprint density at radius 2 is 2.05 bits per heavy atom. The van der Waals surface area contributed by atoms with Gasteiger partial charge in [0, 0.05) is 6.42 Å². The molecule has 2 aliphatic rings. The summed E-state index contributed by atoms with van der Waals surface area (Å²) in [7, 11) is 0. The van der Waals surface area contributed by atoms with Crippen molar-refractivity contribution in [3.63, 3.8) is 0 Å². The van der Waals surface area contributed by atoms with Crippen molar-refractivity contribution < 1.29 is 9.26 Å². The molecule has 1 aliphatic carbocycles. The number of hydrogen-bond donors (Lipinski definition) is 0. The molecular formula is C17H13NO2. The summed E-state index contributed by atoms with van der Waals surface area (Å²) >= 11 is 0. The molecule has 1 unspecified atom stereocenters. The van der Waals surface area contributed by atoms with E-state index < -0.39 is 0 Å². The van der Waals surface area contributed by atoms with Gasteiger partial charge >= 0.3 is 0 Å². The van der Waals surface area contributed by atoms with Crippen molar-refractivity contribution in [2.75, 3.05) is 0 Å². The van der Waals surface area contributed by atoms with E-state index in [4.69, 9.17) is 9.26 Å². The number of nitrogens with zero attached hydrogens (tertiary/aromatic N) is 1. The molecule has 0 bridgehead atoms. The summed E-state index contributed by atoms with van der Waals surface area (Å²) in [4.78, 5) is 0. The number of fused-ring (bicyclic) bond motifs is 4. The normalized spacial score (nSPS) is 19.3. The molecule has 0 spiro atoms. The molecule has 2 aromatic carbocycles. The standard InChI is InChI=1S/C17H13NO2/c1-2-5-11-10(4-1)8-9-13-15(11)17-16-12(19-13)6-3-7-14(16)20-18-17/h1-2,4-5,8-9,12H,3,6-7H2. The van der Waals surface area contributed by atoms with Gasteiger partial charge in [0.15, 0.2) is 0 Å². The minimum atomic E-state index is 0.119. The van der Waals surface area contributed by atoms with Gasteiger partial charge in [0.25, 0.3) is 0 Å². The Hall–Kier alpha value is -2.29. The molecule has 0 fully saturated rings. The first-order valence-corrected chi connectivity index (χ1v) is 7.09. The first kappa shape index (κ1) is 10.5. The molecule has 1 aliphatic heterocycles. The Morgan fingerprint density at radius 3 is 3.05 bits per heavy atom. The third-order valence-corrected chi connectivity index (χ3v) is 4.39. The number of aryl methyl sites for hydroxylation is 1. The largest absolute Gasteiger partial charge is 0.485 e. The molecule has 5 rings (SSSR count). The number of hydrogen-bond acceptors (Lipinski definition) is 3. The smallest absolute Gasteiger partial charge is 0.144 e. The summed E-state index contributed by atoms with van der Waals surface area (Å²) in [6, 6.07) is 12.5. The minimum absolute atomic E-state index is 0.119. The lowest BCUT2D eigenvalue weighted by Gasteiger charge is -2.28. The highest BCUT2D eigenvalue weighted by Gasteiger charge is 2.36. The van der Waals surface area contributed by atoms with Gasteiger partial charge in [0.05, 0.1) is 11.1 Å². The van der Waals surface area contributed by atoms with Crippen LogP contribution in [0.1, 0.15) is 30.3 Å². The van der Waals surface area contributed by atoms with Crippen molar-refractivity contribution >= 4 is 10.8 Å². The van der Waals surface area contributed by atoms with Crippen LogP contribution in [0.4, 0.5) is 0 Å². The number of aromatic nitrogens is 1. The second-order valence-corrected chi connectivity index (χ2v) is 5.53. The predicted molar refractivity (Wildman–Crippen MR) is 75.8 cm³/mol. The Bertz CT molecular complexity index is 834. The molecule has 1 aromatic heterocycles. The number of benzene rings is 2. The molecule has 3 aromatic rings. The molecule has 3 heteroatoms. The second-order valence-electron chi connectivity index (χ2n) is 5.53. The Morgan fingerprint density at radius 1 is 1.10 bits per heavy atom. The molecule has 0 N–H and O–H groups in total. The van der Waals surface area contributed by atoms with Crippen molar-refractivity contribution in [1.82, 2.24) is 5.16 Å². The lowest BCUT2D eigenvalue weighted by molar-refractivity contribution is 0.176. The molecule has 2 heterocycles. The molecule has 0 saturated heterocycles. The van der Waals surface area contributed by atoms with Crippen LogP contribution in [0.3, 0.4) is 0 Å². The molecule has 0 radical (unpaired) electrons. The maximum atomic E-state index is 6.21. The van der Waals surface area contributed by atoms with Crippen molar-refractivity contribution in [3.8, 4) is 17.0 Å². The summed E-state index contributed by atoms with van der Waals surface area (Å²) in [5.41, 5.74) is 3.26. The summed E-state index contributed by atoms with van der Waals surface area (Å²) in [6.45, 7) is 0. The number of rotatable bonds is 0. The van der Waals surface area contributed by atoms with Gasteiger partial charge in [0.2, 0.25) is 0 Å². The van der Waals surface area contributed by atoms with Crippen LogP contribution in [0.2, 0.25) is 0 Å². The lowest BCUT2D eigenvalue weighted by Crippen LogP contribution is -2.18. The fourth-order valence-corrected chi connectivity index (χ4v) is 3.48. The highest BCUT2D eigenvalue weighted by atomic mass is 16.5. The van der Waals surface area contributed by atoms with E-state index in [1.807, 2.05) is 0 Å². The van der Waals surface area contributed by atoms with Crippen molar-refractivity contribution in [1.29, 1.82) is 0 Å². The van der Waals surface area contributed by atoms with Crippen molar-refractivity contribution in [2.45, 2.75) is 25.4 Å². The predicted octanol–water partition coefficient (Wildman–Crippen LogP) is 4.26. The van der Waals surface area contributed by atoms with Gasteiger partial charge in [-0.15, -0.1) is 0 Å². The molecule has 1 atom stereocenters. The molecular weight excluding hydrogens is 250 g/mol. The van der Waals surface area contributed by atoms with Crippen LogP contribution in [-0.4, -0.2) is 5.16 Å². The second kappa shape index (κ2) is 3.63. The van der Waals surface area contributed by atoms with Crippen molar-refractivity contribution in [3.05, 3.63) is 47.7 Å². The molecule has 0 saturated carbocycles. The Balaban J connectivity index is 1.90. The average Bonchev–Trinajstić information content (AvgIpc) is 2.93. The molecule has 20 heavy (non-hydrogen) atoms. The first-order chi connectivity index (χ1) is 9.92. The minimum Gasteiger partial charge on any atom is -0.485 e. The molecule has 3 nitrogen and oxygen atoms in total. The maximum absolute atomic E-state index is 6.21. The van der Waals surface area contributed by atoms with E-state index in [2.05, 4.69) is 41.6 Å². The zero-order valence-electron chi connectivity index (χ0n) is 10.9. The maximum Gasteiger partial charge on any atom is 0.144 e. The zero-order valence-corrected chi connectivity index (χ0v) is 10.9. The quantitative estimate of drug-likeness (QED) is 0.607. The van der Waals surface area contributed by atoms with Crippen LogP contribution in [0.5, 0.6) is 5.75 Å². The van der Waals surface area contributed by atoms with E-state index in [0.29, 0.717) is 0 Å². The average molecular weight is 263 g/mol. The van der Waals surface area contributed by atoms with Crippen LogP contribution in [-0.2, 0) is 6.42 Å². The van der Waals surface area contributed by atoms with Gasteiger partial charge in [-0.1, -0.05) is 35.5 Å². The van der Waals surface area contributed by atoms with Crippen LogP contribution >= 0.6 is 0 Å². The first-order valence-electron chi connectivity index (χ1n) is 7.09. The van der Waals surface area contributed by atoms with Gasteiger partial charge in [-0.3, -0.25) is 0 Å². The topological polar surface area (TPSA) is 35.3 Å². The number of ether oxygens (including phenoxy) is 1. The summed E-state index contributed by atoms with van der Waals surface area (Å²) in [6.07, 6.45) is 3.25. The monoisotopic (exact) mass is 263 g/mol. The van der Waals surface area contributed by atoms with E-state index in [0.717, 1.165) is 42.0 Å². The third-order valence-electron chi connectivity index (χ3n) is 4.39. The highest BCUT2D eigenvalue weighted by Crippen LogP contribution is 2.49. The lowest BCUT2D eigenvalue weighted by atomic mass is 9.87. The van der Waals surface area contributed by atoms with E-state index in [1.165, 1.54) is 16.3 Å². The van der Waals surface area contributed by atoms with Crippen LogP contribution in [0.25, 0.3) is 22.0 Å². The van der Waals surface area contributed by atoms with E-state index in [1.54, 1.807) is 0 Å². The summed E-state index contributed by atoms with van der Waals surface area (Å²) < 4.78 is 11.8. The van der Waals surface area contributed by atoms with Crippen LogP contribution < -0.4 is 4.74 Å². The fraction of sp³-hybridized carbons (Fsp3) is 0.235. The van der Waals surface area contributed by atoms with Crippen molar-refractivity contribution in [2.24, 2.45) is 0 Å². The van der Waals surface area contributed by atoms with Gasteiger partial charge in [0.1, 0.15) is 23.3 Å². The van der Waals surface area contributed by atoms with E-state index >= 15 is 0 Å². The van der Waals surface area contributed by atoms with Gasteiger partial charge in [-0.05, 0) is 29.7 Å².